The van der Waals surface area contributed by atoms with Gasteiger partial charge in [-0.3, -0.25) is 0 Å². The van der Waals surface area contributed by atoms with Crippen LogP contribution in [-0.4, -0.2) is 31.1 Å². The fraction of sp³-hybridized carbons (Fsp3) is 0.500. The van der Waals surface area contributed by atoms with E-state index in [-0.39, 0.29) is 0 Å². The maximum absolute atomic E-state index is 7.86. The van der Waals surface area contributed by atoms with E-state index in [2.05, 4.69) is 42.5 Å². The van der Waals surface area contributed by atoms with Gasteiger partial charge < -0.3 is 15.6 Å². The highest BCUT2D eigenvalue weighted by molar-refractivity contribution is 8.00. The van der Waals surface area contributed by atoms with E-state index in [1.807, 2.05) is 11.8 Å². The van der Waals surface area contributed by atoms with E-state index in [9.17, 15) is 0 Å². The number of rotatable bonds is 1. The Bertz CT molecular complexity index is 484. The van der Waals surface area contributed by atoms with Crippen molar-refractivity contribution in [3.05, 3.63) is 18.2 Å². The maximum atomic E-state index is 7.86. The quantitative estimate of drug-likeness (QED) is 0.815. The molecular weight excluding hydrogens is 242 g/mol. The Hall–Kier alpha value is -1.16. The van der Waals surface area contributed by atoms with Crippen molar-refractivity contribution >= 4 is 28.8 Å². The topological polar surface area (TPSA) is 39.1 Å². The molecule has 0 amide bonds. The summed E-state index contributed by atoms with van der Waals surface area (Å²) in [5, 5.41) is 12.0. The Kier molecular flexibility index (Phi) is 2.98. The molecular formula is C14H19N3S. The summed E-state index contributed by atoms with van der Waals surface area (Å²) in [4.78, 5) is 3.47. The van der Waals surface area contributed by atoms with E-state index in [1.165, 1.54) is 16.3 Å². The summed E-state index contributed by atoms with van der Waals surface area (Å²) in [6, 6.07) is 7.15. The van der Waals surface area contributed by atoms with Gasteiger partial charge in [-0.05, 0) is 37.5 Å². The summed E-state index contributed by atoms with van der Waals surface area (Å²) in [6.07, 6.45) is 3.00. The summed E-state index contributed by atoms with van der Waals surface area (Å²) in [6.45, 7) is 0. The van der Waals surface area contributed by atoms with Gasteiger partial charge >= 0.3 is 0 Å². The van der Waals surface area contributed by atoms with Crippen LogP contribution in [0.2, 0.25) is 0 Å². The Labute approximate surface area is 112 Å². The van der Waals surface area contributed by atoms with Gasteiger partial charge in [-0.2, -0.15) is 0 Å². The molecule has 2 aliphatic rings. The maximum Gasteiger partial charge on any atom is 0.0482 e. The molecule has 1 aromatic carbocycles. The summed E-state index contributed by atoms with van der Waals surface area (Å²) >= 11 is 1.95. The number of thioether (sulfide) groups is 1. The molecule has 96 valence electrons. The standard InChI is InChI=1S/C14H19N3S/c1-17(2)10-4-6-12-14(8-10)18-13-7-9(15)3-5-11(13)16-12/h4,6,8,11,13,15-16H,3,5,7H2,1-2H3/t11-,13+/m1/s1. The minimum Gasteiger partial charge on any atom is -0.380 e. The lowest BCUT2D eigenvalue weighted by molar-refractivity contribution is 0.597. The third-order valence-corrected chi connectivity index (χ3v) is 5.14. The lowest BCUT2D eigenvalue weighted by Crippen LogP contribution is -2.39. The number of nitrogens with zero attached hydrogens (tertiary/aromatic N) is 1. The summed E-state index contributed by atoms with van der Waals surface area (Å²) in [5.74, 6) is 0. The van der Waals surface area contributed by atoms with Gasteiger partial charge in [0.2, 0.25) is 0 Å². The molecule has 1 aliphatic carbocycles. The van der Waals surface area contributed by atoms with Crippen LogP contribution < -0.4 is 10.2 Å². The lowest BCUT2D eigenvalue weighted by Gasteiger charge is -2.38. The smallest absolute Gasteiger partial charge is 0.0482 e. The minimum atomic E-state index is 0.538. The van der Waals surface area contributed by atoms with Crippen LogP contribution >= 0.6 is 11.8 Å². The normalized spacial score (nSPS) is 26.0. The zero-order chi connectivity index (χ0) is 12.7. The average Bonchev–Trinajstić information content (AvgIpc) is 2.35. The Morgan fingerprint density at radius 2 is 2.22 bits per heavy atom. The zero-order valence-corrected chi connectivity index (χ0v) is 11.7. The van der Waals surface area contributed by atoms with Crippen molar-refractivity contribution in [3.63, 3.8) is 0 Å². The molecule has 0 aromatic heterocycles. The monoisotopic (exact) mass is 261 g/mol. The fourth-order valence-electron chi connectivity index (χ4n) is 2.66. The van der Waals surface area contributed by atoms with Gasteiger partial charge in [0.1, 0.15) is 0 Å². The van der Waals surface area contributed by atoms with Crippen LogP contribution in [0, 0.1) is 5.41 Å². The second kappa shape index (κ2) is 4.50. The number of benzene rings is 1. The van der Waals surface area contributed by atoms with Crippen LogP contribution in [0.3, 0.4) is 0 Å². The molecule has 1 aromatic rings. The molecule has 3 nitrogen and oxygen atoms in total. The highest BCUT2D eigenvalue weighted by atomic mass is 32.2. The van der Waals surface area contributed by atoms with Crippen LogP contribution in [0.25, 0.3) is 0 Å². The highest BCUT2D eigenvalue weighted by Gasteiger charge is 2.32. The predicted molar refractivity (Wildman–Crippen MR) is 79.4 cm³/mol. The Morgan fingerprint density at radius 3 is 3.00 bits per heavy atom. The van der Waals surface area contributed by atoms with Crippen LogP contribution in [0.1, 0.15) is 19.3 Å². The summed E-state index contributed by atoms with van der Waals surface area (Å²) in [5.41, 5.74) is 3.42. The molecule has 18 heavy (non-hydrogen) atoms. The van der Waals surface area contributed by atoms with Crippen molar-refractivity contribution in [2.45, 2.75) is 35.4 Å². The first-order valence-corrected chi connectivity index (χ1v) is 7.32. The van der Waals surface area contributed by atoms with Gasteiger partial charge in [-0.25, -0.2) is 0 Å². The van der Waals surface area contributed by atoms with Gasteiger partial charge in [0.05, 0.1) is 0 Å². The Morgan fingerprint density at radius 1 is 1.39 bits per heavy atom. The summed E-state index contributed by atoms with van der Waals surface area (Å²) < 4.78 is 0. The Balaban J connectivity index is 1.89. The molecule has 0 unspecified atom stereocenters. The SMILES string of the molecule is CN(C)c1ccc2c(c1)S[C@H]1CC(=N)CC[C@H]1N2. The lowest BCUT2D eigenvalue weighted by atomic mass is 9.92. The first-order valence-electron chi connectivity index (χ1n) is 6.44. The fourth-order valence-corrected chi connectivity index (χ4v) is 4.08. The number of hydrogen-bond acceptors (Lipinski definition) is 4. The minimum absolute atomic E-state index is 0.538. The number of nitrogens with one attached hydrogen (secondary N) is 2. The van der Waals surface area contributed by atoms with Crippen molar-refractivity contribution in [2.75, 3.05) is 24.3 Å². The zero-order valence-electron chi connectivity index (χ0n) is 10.9. The molecule has 1 aliphatic heterocycles. The molecule has 1 saturated carbocycles. The molecule has 2 N–H and O–H groups in total. The van der Waals surface area contributed by atoms with E-state index in [0.29, 0.717) is 11.3 Å². The molecule has 4 heteroatoms. The number of hydrogen-bond donors (Lipinski definition) is 2. The molecule has 2 atom stereocenters. The molecule has 1 fully saturated rings. The highest BCUT2D eigenvalue weighted by Crippen LogP contribution is 2.43. The molecule has 3 rings (SSSR count). The van der Waals surface area contributed by atoms with Crippen LogP contribution in [0.5, 0.6) is 0 Å². The van der Waals surface area contributed by atoms with Crippen molar-refractivity contribution in [3.8, 4) is 0 Å². The van der Waals surface area contributed by atoms with E-state index in [1.54, 1.807) is 0 Å². The third-order valence-electron chi connectivity index (χ3n) is 3.75. The van der Waals surface area contributed by atoms with Crippen molar-refractivity contribution in [2.24, 2.45) is 0 Å². The van der Waals surface area contributed by atoms with Crippen LogP contribution in [0.15, 0.2) is 23.1 Å². The second-order valence-corrected chi connectivity index (χ2v) is 6.61. The van der Waals surface area contributed by atoms with Crippen molar-refractivity contribution in [1.82, 2.24) is 0 Å². The first-order chi connectivity index (χ1) is 8.63. The molecule has 0 spiro atoms. The van der Waals surface area contributed by atoms with E-state index in [0.717, 1.165) is 25.0 Å². The molecule has 1 heterocycles. The van der Waals surface area contributed by atoms with Gasteiger partial charge in [0, 0.05) is 47.4 Å². The molecule has 0 saturated heterocycles. The van der Waals surface area contributed by atoms with E-state index >= 15 is 0 Å². The van der Waals surface area contributed by atoms with Gasteiger partial charge in [0.15, 0.2) is 0 Å². The van der Waals surface area contributed by atoms with E-state index < -0.39 is 0 Å². The molecule has 0 radical (unpaired) electrons. The van der Waals surface area contributed by atoms with Gasteiger partial charge in [-0.1, -0.05) is 0 Å². The summed E-state index contributed by atoms with van der Waals surface area (Å²) in [7, 11) is 4.14. The van der Waals surface area contributed by atoms with E-state index in [4.69, 9.17) is 5.41 Å². The van der Waals surface area contributed by atoms with Gasteiger partial charge in [0.25, 0.3) is 0 Å². The van der Waals surface area contributed by atoms with Crippen LogP contribution in [-0.2, 0) is 0 Å². The van der Waals surface area contributed by atoms with Crippen molar-refractivity contribution < 1.29 is 0 Å². The number of anilines is 2. The van der Waals surface area contributed by atoms with Crippen LogP contribution in [0.4, 0.5) is 11.4 Å². The number of fused-ring (bicyclic) bond motifs is 2. The third kappa shape index (κ3) is 2.09. The van der Waals surface area contributed by atoms with Crippen molar-refractivity contribution in [1.29, 1.82) is 5.41 Å². The van der Waals surface area contributed by atoms with Gasteiger partial charge in [-0.15, -0.1) is 11.8 Å². The first kappa shape index (κ1) is 11.9. The largest absolute Gasteiger partial charge is 0.380 e. The predicted octanol–water partition coefficient (Wildman–Crippen LogP) is 3.21. The second-order valence-electron chi connectivity index (χ2n) is 5.33. The average molecular weight is 261 g/mol. The molecule has 0 bridgehead atoms.